The molecule has 1 unspecified atom stereocenters. The van der Waals surface area contributed by atoms with E-state index in [9.17, 15) is 4.79 Å². The molecule has 6 atom stereocenters. The van der Waals surface area contributed by atoms with Crippen molar-refractivity contribution in [1.82, 2.24) is 0 Å². The van der Waals surface area contributed by atoms with Crippen LogP contribution in [0.25, 0.3) is 0 Å². The fourth-order valence-corrected chi connectivity index (χ4v) is 6.80. The molecule has 2 saturated carbocycles. The van der Waals surface area contributed by atoms with Crippen LogP contribution < -0.4 is 0 Å². The molecular formula is C19H30O4. The van der Waals surface area contributed by atoms with E-state index in [1.807, 2.05) is 0 Å². The summed E-state index contributed by atoms with van der Waals surface area (Å²) in [5.74, 6) is 0.489. The number of rotatable bonds is 1. The summed E-state index contributed by atoms with van der Waals surface area (Å²) in [6.45, 7) is 7.36. The summed E-state index contributed by atoms with van der Waals surface area (Å²) in [4.78, 5) is 12.6. The van der Waals surface area contributed by atoms with Crippen LogP contribution in [0.15, 0.2) is 0 Å². The summed E-state index contributed by atoms with van der Waals surface area (Å²) >= 11 is 0. The Kier molecular flexibility index (Phi) is 3.26. The van der Waals surface area contributed by atoms with Crippen molar-refractivity contribution >= 4 is 5.97 Å². The lowest BCUT2D eigenvalue weighted by Crippen LogP contribution is -2.63. The molecule has 4 nitrogen and oxygen atoms in total. The van der Waals surface area contributed by atoms with Gasteiger partial charge in [0.15, 0.2) is 5.79 Å². The van der Waals surface area contributed by atoms with E-state index in [2.05, 4.69) is 20.8 Å². The van der Waals surface area contributed by atoms with Crippen LogP contribution in [-0.4, -0.2) is 31.1 Å². The molecule has 4 fully saturated rings. The van der Waals surface area contributed by atoms with Gasteiger partial charge in [0.1, 0.15) is 0 Å². The Labute approximate surface area is 139 Å². The fourth-order valence-electron chi connectivity index (χ4n) is 6.80. The predicted molar refractivity (Wildman–Crippen MR) is 85.7 cm³/mol. The van der Waals surface area contributed by atoms with E-state index in [0.717, 1.165) is 45.1 Å². The quantitative estimate of drug-likeness (QED) is 0.691. The van der Waals surface area contributed by atoms with Crippen molar-refractivity contribution < 1.29 is 19.0 Å². The molecule has 0 radical (unpaired) electrons. The number of ether oxygens (including phenoxy) is 3. The van der Waals surface area contributed by atoms with Crippen molar-refractivity contribution in [3.8, 4) is 0 Å². The van der Waals surface area contributed by atoms with Crippen LogP contribution >= 0.6 is 0 Å². The Hall–Kier alpha value is -0.610. The number of hydrogen-bond acceptors (Lipinski definition) is 4. The third-order valence-electron chi connectivity index (χ3n) is 7.84. The summed E-state index contributed by atoms with van der Waals surface area (Å²) in [5.41, 5.74) is -0.315. The third kappa shape index (κ3) is 1.94. The van der Waals surface area contributed by atoms with Crippen molar-refractivity contribution in [1.29, 1.82) is 0 Å². The predicted octanol–water partition coefficient (Wildman–Crippen LogP) is 3.68. The van der Waals surface area contributed by atoms with Gasteiger partial charge in [-0.3, -0.25) is 4.79 Å². The molecule has 0 aromatic rings. The molecule has 0 aromatic carbocycles. The molecule has 2 bridgehead atoms. The summed E-state index contributed by atoms with van der Waals surface area (Å²) in [6.07, 6.45) is 7.42. The highest BCUT2D eigenvalue weighted by Crippen LogP contribution is 2.67. The zero-order valence-electron chi connectivity index (χ0n) is 14.9. The number of esters is 1. The number of carbonyl (C=O) groups is 1. The van der Waals surface area contributed by atoms with Gasteiger partial charge in [-0.25, -0.2) is 0 Å². The van der Waals surface area contributed by atoms with E-state index in [4.69, 9.17) is 14.2 Å². The van der Waals surface area contributed by atoms with Gasteiger partial charge in [0, 0.05) is 6.42 Å². The molecule has 130 valence electrons. The second-order valence-electron chi connectivity index (χ2n) is 9.04. The minimum atomic E-state index is -0.375. The molecule has 23 heavy (non-hydrogen) atoms. The van der Waals surface area contributed by atoms with Crippen LogP contribution in [0.1, 0.15) is 65.7 Å². The average molecular weight is 322 g/mol. The highest BCUT2D eigenvalue weighted by atomic mass is 16.8. The van der Waals surface area contributed by atoms with Crippen LogP contribution in [0.5, 0.6) is 0 Å². The first kappa shape index (κ1) is 15.9. The maximum absolute atomic E-state index is 12.6. The first-order chi connectivity index (χ1) is 10.8. The van der Waals surface area contributed by atoms with Gasteiger partial charge < -0.3 is 14.2 Å². The van der Waals surface area contributed by atoms with E-state index in [1.54, 1.807) is 0 Å². The maximum Gasteiger partial charge on any atom is 0.311 e. The molecule has 2 aliphatic carbocycles. The summed E-state index contributed by atoms with van der Waals surface area (Å²) < 4.78 is 17.8. The van der Waals surface area contributed by atoms with E-state index in [1.165, 1.54) is 13.5 Å². The molecule has 2 heterocycles. The van der Waals surface area contributed by atoms with E-state index >= 15 is 0 Å². The standard InChI is InChI=1S/C19H30O4/c1-16-8-5-9-17(2,15(20)21-4)13(16)7-11-19-12-22-18(3,23-19)10-6-14(16)19/h13-14H,5-12H2,1-4H3/t13?,14-,16+,17+,18+,19+/m1/s1. The first-order valence-electron chi connectivity index (χ1n) is 9.21. The van der Waals surface area contributed by atoms with Gasteiger partial charge in [0.05, 0.1) is 24.7 Å². The molecule has 4 aliphatic rings. The third-order valence-corrected chi connectivity index (χ3v) is 7.84. The lowest BCUT2D eigenvalue weighted by atomic mass is 9.44. The Morgan fingerprint density at radius 3 is 2.52 bits per heavy atom. The van der Waals surface area contributed by atoms with Crippen molar-refractivity contribution in [3.63, 3.8) is 0 Å². The minimum absolute atomic E-state index is 0.0198. The van der Waals surface area contributed by atoms with E-state index < -0.39 is 0 Å². The highest BCUT2D eigenvalue weighted by molar-refractivity contribution is 5.77. The van der Waals surface area contributed by atoms with Gasteiger partial charge in [-0.05, 0) is 63.2 Å². The van der Waals surface area contributed by atoms with Crippen LogP contribution in [0.3, 0.4) is 0 Å². The normalized spacial score (nSPS) is 55.0. The molecule has 0 N–H and O–H groups in total. The smallest absolute Gasteiger partial charge is 0.311 e. The van der Waals surface area contributed by atoms with Gasteiger partial charge in [-0.2, -0.15) is 0 Å². The van der Waals surface area contributed by atoms with Crippen molar-refractivity contribution in [2.45, 2.75) is 77.1 Å². The van der Waals surface area contributed by atoms with Crippen LogP contribution in [0.4, 0.5) is 0 Å². The zero-order valence-corrected chi connectivity index (χ0v) is 14.9. The number of hydrogen-bond donors (Lipinski definition) is 0. The Morgan fingerprint density at radius 1 is 1.04 bits per heavy atom. The summed E-state index contributed by atoms with van der Waals surface area (Å²) in [6, 6.07) is 0. The van der Waals surface area contributed by atoms with E-state index in [-0.39, 0.29) is 28.2 Å². The Morgan fingerprint density at radius 2 is 1.78 bits per heavy atom. The monoisotopic (exact) mass is 322 g/mol. The fraction of sp³-hybridized carbons (Fsp3) is 0.947. The number of carbonyl (C=O) groups excluding carboxylic acids is 1. The molecule has 2 aliphatic heterocycles. The molecule has 2 saturated heterocycles. The minimum Gasteiger partial charge on any atom is -0.469 e. The van der Waals surface area contributed by atoms with Gasteiger partial charge in [0.25, 0.3) is 0 Å². The largest absolute Gasteiger partial charge is 0.469 e. The second kappa shape index (κ2) is 4.72. The molecule has 0 aromatic heterocycles. The highest BCUT2D eigenvalue weighted by Gasteiger charge is 2.68. The van der Waals surface area contributed by atoms with Crippen LogP contribution in [-0.2, 0) is 19.0 Å². The molecule has 1 spiro atoms. The van der Waals surface area contributed by atoms with Crippen molar-refractivity contribution in [2.24, 2.45) is 22.7 Å². The van der Waals surface area contributed by atoms with Crippen molar-refractivity contribution in [3.05, 3.63) is 0 Å². The van der Waals surface area contributed by atoms with Gasteiger partial charge in [-0.15, -0.1) is 0 Å². The zero-order chi connectivity index (χ0) is 16.5. The topological polar surface area (TPSA) is 44.8 Å². The van der Waals surface area contributed by atoms with Crippen LogP contribution in [0, 0.1) is 22.7 Å². The molecule has 4 rings (SSSR count). The SMILES string of the molecule is COC(=O)[C@@]1(C)CCC[C@@]2(C)C1CC[C@]13CO[C@](C)(CC[C@@H]12)O3. The van der Waals surface area contributed by atoms with Gasteiger partial charge in [0.2, 0.25) is 0 Å². The number of fused-ring (bicyclic) bond motifs is 3. The summed E-state index contributed by atoms with van der Waals surface area (Å²) in [5, 5.41) is 0. The van der Waals surface area contributed by atoms with Gasteiger partial charge in [-0.1, -0.05) is 13.3 Å². The van der Waals surface area contributed by atoms with Crippen molar-refractivity contribution in [2.75, 3.05) is 13.7 Å². The van der Waals surface area contributed by atoms with Gasteiger partial charge >= 0.3 is 5.97 Å². The number of methoxy groups -OCH3 is 1. The molecule has 4 heteroatoms. The van der Waals surface area contributed by atoms with E-state index in [0.29, 0.717) is 11.8 Å². The lowest BCUT2D eigenvalue weighted by Gasteiger charge is -2.62. The van der Waals surface area contributed by atoms with Crippen LogP contribution in [0.2, 0.25) is 0 Å². The molecule has 0 amide bonds. The average Bonchev–Trinajstić information content (AvgIpc) is 2.76. The second-order valence-corrected chi connectivity index (χ2v) is 9.04. The first-order valence-corrected chi connectivity index (χ1v) is 9.21. The summed E-state index contributed by atoms with van der Waals surface area (Å²) in [7, 11) is 1.53. The Balaban J connectivity index is 1.72. The molecular weight excluding hydrogens is 292 g/mol. The lowest BCUT2D eigenvalue weighted by molar-refractivity contribution is -0.262. The maximum atomic E-state index is 12.6. The Bertz CT molecular complexity index is 533.